The quantitative estimate of drug-likeness (QED) is 0.874. The summed E-state index contributed by atoms with van der Waals surface area (Å²) in [5, 5.41) is 11.9. The summed E-state index contributed by atoms with van der Waals surface area (Å²) >= 11 is 0. The van der Waals surface area contributed by atoms with Gasteiger partial charge in [-0.3, -0.25) is 4.98 Å². The first-order valence-electron chi connectivity index (χ1n) is 5.28. The van der Waals surface area contributed by atoms with Crippen molar-refractivity contribution in [3.05, 3.63) is 53.6 Å². The largest absolute Gasteiger partial charge is 0.478 e. The summed E-state index contributed by atoms with van der Waals surface area (Å²) in [6.45, 7) is 1.85. The molecule has 4 nitrogen and oxygen atoms in total. The number of nitrogens with zero attached hydrogens (tertiary/aromatic N) is 1. The predicted octanol–water partition coefficient (Wildman–Crippen LogP) is 2.97. The van der Waals surface area contributed by atoms with Gasteiger partial charge in [0.15, 0.2) is 0 Å². The molecule has 0 atom stereocenters. The van der Waals surface area contributed by atoms with E-state index in [9.17, 15) is 9.18 Å². The highest BCUT2D eigenvalue weighted by Crippen LogP contribution is 2.22. The van der Waals surface area contributed by atoms with Gasteiger partial charge in [-0.25, -0.2) is 9.18 Å². The molecule has 2 rings (SSSR count). The van der Waals surface area contributed by atoms with Gasteiger partial charge in [-0.15, -0.1) is 0 Å². The maximum Gasteiger partial charge on any atom is 0.337 e. The molecule has 2 aromatic rings. The third-order valence-electron chi connectivity index (χ3n) is 2.39. The molecular weight excluding hydrogens is 235 g/mol. The van der Waals surface area contributed by atoms with Crippen molar-refractivity contribution in [1.82, 2.24) is 4.98 Å². The number of hydrogen-bond donors (Lipinski definition) is 2. The molecule has 92 valence electrons. The molecule has 0 fully saturated rings. The Morgan fingerprint density at radius 3 is 2.78 bits per heavy atom. The van der Waals surface area contributed by atoms with Gasteiger partial charge in [0.2, 0.25) is 0 Å². The van der Waals surface area contributed by atoms with Crippen LogP contribution in [0.5, 0.6) is 0 Å². The van der Waals surface area contributed by atoms with Crippen LogP contribution in [0.3, 0.4) is 0 Å². The number of rotatable bonds is 3. The zero-order valence-electron chi connectivity index (χ0n) is 9.64. The molecule has 0 bridgehead atoms. The average molecular weight is 246 g/mol. The number of aromatic carboxylic acids is 1. The first-order valence-corrected chi connectivity index (χ1v) is 5.28. The van der Waals surface area contributed by atoms with Crippen molar-refractivity contribution in [2.75, 3.05) is 5.32 Å². The summed E-state index contributed by atoms with van der Waals surface area (Å²) in [5.74, 6) is -1.52. The van der Waals surface area contributed by atoms with Crippen molar-refractivity contribution < 1.29 is 14.3 Å². The maximum atomic E-state index is 13.0. The summed E-state index contributed by atoms with van der Waals surface area (Å²) in [5.41, 5.74) is 1.86. The first-order chi connectivity index (χ1) is 8.56. The van der Waals surface area contributed by atoms with E-state index in [1.807, 2.05) is 6.92 Å². The van der Waals surface area contributed by atoms with Gasteiger partial charge in [-0.2, -0.15) is 0 Å². The van der Waals surface area contributed by atoms with Gasteiger partial charge < -0.3 is 10.4 Å². The van der Waals surface area contributed by atoms with Crippen LogP contribution in [0.25, 0.3) is 0 Å². The van der Waals surface area contributed by atoms with E-state index in [2.05, 4.69) is 10.3 Å². The summed E-state index contributed by atoms with van der Waals surface area (Å²) in [7, 11) is 0. The number of benzene rings is 1. The van der Waals surface area contributed by atoms with E-state index in [-0.39, 0.29) is 5.56 Å². The van der Waals surface area contributed by atoms with E-state index in [4.69, 9.17) is 5.11 Å². The van der Waals surface area contributed by atoms with Crippen LogP contribution in [0.4, 0.5) is 15.8 Å². The minimum Gasteiger partial charge on any atom is -0.478 e. The first kappa shape index (κ1) is 12.0. The Hall–Kier alpha value is -2.43. The number of aromatic nitrogens is 1. The Morgan fingerprint density at radius 2 is 2.11 bits per heavy atom. The van der Waals surface area contributed by atoms with Gasteiger partial charge in [0.1, 0.15) is 5.82 Å². The molecule has 0 amide bonds. The number of aryl methyl sites for hydroxylation is 1. The van der Waals surface area contributed by atoms with Crippen LogP contribution in [-0.2, 0) is 0 Å². The van der Waals surface area contributed by atoms with Crippen molar-refractivity contribution in [3.63, 3.8) is 0 Å². The number of nitrogens with one attached hydrogen (secondary N) is 1. The highest BCUT2D eigenvalue weighted by atomic mass is 19.1. The molecule has 5 heteroatoms. The lowest BCUT2D eigenvalue weighted by Gasteiger charge is -2.10. The van der Waals surface area contributed by atoms with Crippen molar-refractivity contribution in [3.8, 4) is 0 Å². The highest BCUT2D eigenvalue weighted by Gasteiger charge is 2.10. The smallest absolute Gasteiger partial charge is 0.337 e. The third-order valence-corrected chi connectivity index (χ3v) is 2.39. The standard InChI is InChI=1S/C13H11FN2O2/c1-8-2-3-11(13(17)18)12(4-8)16-10-5-9(14)6-15-7-10/h2-7,16H,1H3,(H,17,18). The van der Waals surface area contributed by atoms with Crippen LogP contribution >= 0.6 is 0 Å². The average Bonchev–Trinajstić information content (AvgIpc) is 2.28. The van der Waals surface area contributed by atoms with E-state index in [1.54, 1.807) is 12.1 Å². The predicted molar refractivity (Wildman–Crippen MR) is 65.6 cm³/mol. The molecule has 1 heterocycles. The lowest BCUT2D eigenvalue weighted by atomic mass is 10.1. The van der Waals surface area contributed by atoms with Gasteiger partial charge in [0.25, 0.3) is 0 Å². The van der Waals surface area contributed by atoms with Crippen molar-refractivity contribution in [2.45, 2.75) is 6.92 Å². The second-order valence-corrected chi connectivity index (χ2v) is 3.87. The van der Waals surface area contributed by atoms with E-state index in [1.165, 1.54) is 18.3 Å². The molecule has 0 radical (unpaired) electrons. The lowest BCUT2D eigenvalue weighted by molar-refractivity contribution is 0.0698. The van der Waals surface area contributed by atoms with Crippen LogP contribution in [-0.4, -0.2) is 16.1 Å². The fourth-order valence-corrected chi connectivity index (χ4v) is 1.58. The zero-order chi connectivity index (χ0) is 13.1. The highest BCUT2D eigenvalue weighted by molar-refractivity contribution is 5.95. The number of pyridine rings is 1. The number of carbonyl (C=O) groups is 1. The fourth-order valence-electron chi connectivity index (χ4n) is 1.58. The van der Waals surface area contributed by atoms with Gasteiger partial charge >= 0.3 is 5.97 Å². The molecule has 1 aromatic carbocycles. The number of halogens is 1. The van der Waals surface area contributed by atoms with Crippen molar-refractivity contribution in [1.29, 1.82) is 0 Å². The minimum atomic E-state index is -1.04. The maximum absolute atomic E-state index is 13.0. The van der Waals surface area contributed by atoms with Crippen molar-refractivity contribution >= 4 is 17.3 Å². The summed E-state index contributed by atoms with van der Waals surface area (Å²) in [6, 6.07) is 6.15. The molecule has 0 aliphatic heterocycles. The SMILES string of the molecule is Cc1ccc(C(=O)O)c(Nc2cncc(F)c2)c1. The van der Waals surface area contributed by atoms with Gasteiger partial charge in [0.05, 0.1) is 29.3 Å². The number of carboxylic acids is 1. The van der Waals surface area contributed by atoms with E-state index in [0.717, 1.165) is 11.8 Å². The summed E-state index contributed by atoms with van der Waals surface area (Å²) in [6.07, 6.45) is 2.51. The molecule has 0 saturated carbocycles. The fraction of sp³-hybridized carbons (Fsp3) is 0.0769. The third kappa shape index (κ3) is 2.63. The Balaban J connectivity index is 2.39. The van der Waals surface area contributed by atoms with Crippen LogP contribution in [0.15, 0.2) is 36.7 Å². The Labute approximate surface area is 103 Å². The number of carboxylic acid groups (broad SMARTS) is 1. The molecule has 1 aromatic heterocycles. The lowest BCUT2D eigenvalue weighted by Crippen LogP contribution is -2.03. The van der Waals surface area contributed by atoms with Crippen LogP contribution in [0.2, 0.25) is 0 Å². The monoisotopic (exact) mass is 246 g/mol. The molecule has 18 heavy (non-hydrogen) atoms. The molecule has 0 spiro atoms. The molecule has 0 unspecified atom stereocenters. The van der Waals surface area contributed by atoms with Gasteiger partial charge in [-0.05, 0) is 24.6 Å². The second kappa shape index (κ2) is 4.83. The second-order valence-electron chi connectivity index (χ2n) is 3.87. The van der Waals surface area contributed by atoms with Gasteiger partial charge in [0, 0.05) is 6.07 Å². The minimum absolute atomic E-state index is 0.130. The Bertz CT molecular complexity index is 599. The van der Waals surface area contributed by atoms with E-state index in [0.29, 0.717) is 11.4 Å². The molecule has 0 saturated heterocycles. The zero-order valence-corrected chi connectivity index (χ0v) is 9.64. The Morgan fingerprint density at radius 1 is 1.33 bits per heavy atom. The summed E-state index contributed by atoms with van der Waals surface area (Å²) < 4.78 is 13.0. The van der Waals surface area contributed by atoms with Crippen LogP contribution in [0.1, 0.15) is 15.9 Å². The van der Waals surface area contributed by atoms with Crippen molar-refractivity contribution in [2.24, 2.45) is 0 Å². The number of anilines is 2. The van der Waals surface area contributed by atoms with E-state index < -0.39 is 11.8 Å². The van der Waals surface area contributed by atoms with Gasteiger partial charge in [-0.1, -0.05) is 6.07 Å². The molecular formula is C13H11FN2O2. The number of hydrogen-bond acceptors (Lipinski definition) is 3. The summed E-state index contributed by atoms with van der Waals surface area (Å²) in [4.78, 5) is 14.8. The molecule has 0 aliphatic rings. The molecule has 2 N–H and O–H groups in total. The normalized spacial score (nSPS) is 10.1. The van der Waals surface area contributed by atoms with E-state index >= 15 is 0 Å². The molecule has 0 aliphatic carbocycles. The van der Waals surface area contributed by atoms with Crippen LogP contribution in [0, 0.1) is 12.7 Å². The Kier molecular flexibility index (Phi) is 3.23. The van der Waals surface area contributed by atoms with Crippen LogP contribution < -0.4 is 5.32 Å². The topological polar surface area (TPSA) is 62.2 Å².